The fraction of sp³-hybridized carbons (Fsp3) is 0.423. The second-order valence-electron chi connectivity index (χ2n) is 16.5. The van der Waals surface area contributed by atoms with Gasteiger partial charge in [-0.05, 0) is 117 Å². The molecule has 4 aromatic carbocycles. The van der Waals surface area contributed by atoms with Crippen LogP contribution in [0.1, 0.15) is 151 Å². The van der Waals surface area contributed by atoms with E-state index in [0.717, 1.165) is 12.8 Å². The third-order valence-corrected chi connectivity index (χ3v) is 15.7. The molecule has 0 aliphatic heterocycles. The molecule has 0 saturated heterocycles. The SMILES string of the molecule is CCCCCCc1ccc(-c2cccc3c2C([Si](C)(C)C2=C(CCCC)[CH]c4cccc(-c5ccc(CCCCCC)cc5)c42)=C(CCCC)[CH]3)cc1. The molecule has 1 heteroatoms. The molecular weight excluding hydrogens is 653 g/mol. The van der Waals surface area contributed by atoms with E-state index in [1.807, 2.05) is 0 Å². The lowest BCUT2D eigenvalue weighted by Gasteiger charge is -2.33. The Labute approximate surface area is 325 Å². The Bertz CT molecular complexity index is 1730. The van der Waals surface area contributed by atoms with Crippen molar-refractivity contribution in [2.75, 3.05) is 0 Å². The molecule has 0 aromatic heterocycles. The molecule has 0 nitrogen and oxygen atoms in total. The predicted octanol–water partition coefficient (Wildman–Crippen LogP) is 15.8. The van der Waals surface area contributed by atoms with Crippen LogP contribution in [-0.2, 0) is 12.8 Å². The van der Waals surface area contributed by atoms with Crippen LogP contribution < -0.4 is 0 Å². The Hall–Kier alpha value is -3.42. The quantitative estimate of drug-likeness (QED) is 0.0630. The van der Waals surface area contributed by atoms with Crippen molar-refractivity contribution < 1.29 is 0 Å². The number of fused-ring (bicyclic) bond motifs is 2. The van der Waals surface area contributed by atoms with Gasteiger partial charge in [-0.25, -0.2) is 0 Å². The van der Waals surface area contributed by atoms with Crippen LogP contribution in [0.4, 0.5) is 0 Å². The summed E-state index contributed by atoms with van der Waals surface area (Å²) < 4.78 is 0. The minimum absolute atomic E-state index is 1.16. The molecule has 0 heterocycles. The van der Waals surface area contributed by atoms with Crippen molar-refractivity contribution in [3.8, 4) is 22.3 Å². The third-order valence-electron chi connectivity index (χ3n) is 12.0. The lowest BCUT2D eigenvalue weighted by Crippen LogP contribution is -2.32. The van der Waals surface area contributed by atoms with Crippen molar-refractivity contribution in [2.24, 2.45) is 0 Å². The second kappa shape index (κ2) is 18.8. The number of hydrogen-bond acceptors (Lipinski definition) is 0. The van der Waals surface area contributed by atoms with Crippen LogP contribution in [-0.4, -0.2) is 8.07 Å². The summed E-state index contributed by atoms with van der Waals surface area (Å²) in [6.45, 7) is 14.7. The van der Waals surface area contributed by atoms with Crippen LogP contribution >= 0.6 is 0 Å². The van der Waals surface area contributed by atoms with Crippen LogP contribution in [0.25, 0.3) is 32.6 Å². The minimum Gasteiger partial charge on any atom is -0.0654 e. The lowest BCUT2D eigenvalue weighted by molar-refractivity contribution is 0.667. The van der Waals surface area contributed by atoms with Gasteiger partial charge in [-0.3, -0.25) is 0 Å². The Morgan fingerprint density at radius 2 is 0.792 bits per heavy atom. The van der Waals surface area contributed by atoms with Crippen LogP contribution in [0.15, 0.2) is 96.1 Å². The van der Waals surface area contributed by atoms with Gasteiger partial charge in [0.15, 0.2) is 0 Å². The number of rotatable bonds is 20. The van der Waals surface area contributed by atoms with Gasteiger partial charge in [0, 0.05) is 12.8 Å². The summed E-state index contributed by atoms with van der Waals surface area (Å²) >= 11 is 0. The van der Waals surface area contributed by atoms with E-state index in [4.69, 9.17) is 0 Å². The van der Waals surface area contributed by atoms with Crippen molar-refractivity contribution >= 4 is 18.5 Å². The number of aryl methyl sites for hydroxylation is 2. The van der Waals surface area contributed by atoms with E-state index in [0.29, 0.717) is 0 Å². The number of hydrogen-bond donors (Lipinski definition) is 0. The molecule has 0 saturated carbocycles. The van der Waals surface area contributed by atoms with E-state index >= 15 is 0 Å². The highest BCUT2D eigenvalue weighted by molar-refractivity contribution is 7.09. The summed E-state index contributed by atoms with van der Waals surface area (Å²) in [5.74, 6) is 0. The lowest BCUT2D eigenvalue weighted by atomic mass is 9.95. The molecule has 0 fully saturated rings. The second-order valence-corrected chi connectivity index (χ2v) is 20.7. The zero-order valence-corrected chi connectivity index (χ0v) is 35.1. The molecule has 4 aromatic rings. The molecule has 2 radical (unpaired) electrons. The monoisotopic (exact) mass is 718 g/mol. The molecular formula is C52H66Si. The Balaban J connectivity index is 1.43. The minimum atomic E-state index is -2.27. The van der Waals surface area contributed by atoms with E-state index in [1.165, 1.54) is 146 Å². The average molecular weight is 719 g/mol. The summed E-state index contributed by atoms with van der Waals surface area (Å²) in [5, 5.41) is 3.37. The maximum absolute atomic E-state index is 2.69. The van der Waals surface area contributed by atoms with Gasteiger partial charge in [0.2, 0.25) is 0 Å². The maximum Gasteiger partial charge on any atom is 0.113 e. The van der Waals surface area contributed by atoms with Gasteiger partial charge in [-0.1, -0.05) is 188 Å². The molecule has 53 heavy (non-hydrogen) atoms. The molecule has 2 aliphatic carbocycles. The van der Waals surface area contributed by atoms with Gasteiger partial charge in [0.25, 0.3) is 0 Å². The van der Waals surface area contributed by atoms with Gasteiger partial charge < -0.3 is 0 Å². The zero-order chi connectivity index (χ0) is 37.2. The largest absolute Gasteiger partial charge is 0.113 e. The van der Waals surface area contributed by atoms with E-state index in [2.05, 4.69) is 139 Å². The van der Waals surface area contributed by atoms with Crippen molar-refractivity contribution in [1.82, 2.24) is 0 Å². The molecule has 6 rings (SSSR count). The molecule has 0 unspecified atom stereocenters. The van der Waals surface area contributed by atoms with Gasteiger partial charge in [0.1, 0.15) is 8.07 Å². The fourth-order valence-corrected chi connectivity index (χ4v) is 13.2. The first-order chi connectivity index (χ1) is 25.9. The number of benzene rings is 4. The normalized spacial score (nSPS) is 14.0. The van der Waals surface area contributed by atoms with Crippen LogP contribution in [0, 0.1) is 12.8 Å². The Morgan fingerprint density at radius 3 is 1.17 bits per heavy atom. The average Bonchev–Trinajstić information content (AvgIpc) is 3.76. The molecule has 0 amide bonds. The zero-order valence-electron chi connectivity index (χ0n) is 34.1. The summed E-state index contributed by atoms with van der Waals surface area (Å²) in [6, 6.07) is 33.5. The highest BCUT2D eigenvalue weighted by atomic mass is 28.3. The fourth-order valence-electron chi connectivity index (χ4n) is 9.16. The first-order valence-electron chi connectivity index (χ1n) is 21.5. The van der Waals surface area contributed by atoms with Gasteiger partial charge in [-0.2, -0.15) is 0 Å². The Morgan fingerprint density at radius 1 is 0.396 bits per heavy atom. The van der Waals surface area contributed by atoms with Crippen LogP contribution in [0.2, 0.25) is 13.1 Å². The van der Waals surface area contributed by atoms with E-state index < -0.39 is 8.07 Å². The third kappa shape index (κ3) is 8.94. The molecule has 0 spiro atoms. The van der Waals surface area contributed by atoms with Crippen molar-refractivity contribution in [2.45, 2.75) is 144 Å². The summed E-state index contributed by atoms with van der Waals surface area (Å²) in [4.78, 5) is 0. The van der Waals surface area contributed by atoms with Gasteiger partial charge in [-0.15, -0.1) is 0 Å². The van der Waals surface area contributed by atoms with Crippen LogP contribution in [0.3, 0.4) is 0 Å². The molecule has 0 N–H and O–H groups in total. The smallest absolute Gasteiger partial charge is 0.0654 e. The van der Waals surface area contributed by atoms with Crippen molar-refractivity contribution in [1.29, 1.82) is 0 Å². The van der Waals surface area contributed by atoms with E-state index in [1.54, 1.807) is 21.5 Å². The van der Waals surface area contributed by atoms with Gasteiger partial charge >= 0.3 is 0 Å². The molecule has 278 valence electrons. The summed E-state index contributed by atoms with van der Waals surface area (Å²) in [5.41, 5.74) is 17.6. The maximum atomic E-state index is 2.69. The standard InChI is InChI=1S/C52H66Si/c1-7-11-15-17-21-39-29-33-41(34-30-39)47-27-19-25-43-37-45(23-13-9-3)51(49(43)47)53(5,6)52-46(24-14-10-4)38-44-26-20-28-48(50(44)52)42-35-31-40(32-36-42)22-18-16-12-8-2/h19-20,25-38H,7-18,21-24H2,1-6H3. The Kier molecular flexibility index (Phi) is 13.9. The number of allylic oxidation sites excluding steroid dienone is 2. The molecule has 0 atom stereocenters. The highest BCUT2D eigenvalue weighted by Crippen LogP contribution is 2.54. The first kappa shape index (κ1) is 39.3. The summed E-state index contributed by atoms with van der Waals surface area (Å²) in [7, 11) is -2.27. The topological polar surface area (TPSA) is 0 Å². The molecule has 0 bridgehead atoms. The van der Waals surface area contributed by atoms with Gasteiger partial charge in [0.05, 0.1) is 0 Å². The number of unbranched alkanes of at least 4 members (excludes halogenated alkanes) is 8. The first-order valence-corrected chi connectivity index (χ1v) is 24.5. The van der Waals surface area contributed by atoms with Crippen molar-refractivity contribution in [3.63, 3.8) is 0 Å². The van der Waals surface area contributed by atoms with E-state index in [9.17, 15) is 0 Å². The molecule has 2 aliphatic rings. The van der Waals surface area contributed by atoms with Crippen molar-refractivity contribution in [3.05, 3.63) is 142 Å². The highest BCUT2D eigenvalue weighted by Gasteiger charge is 2.43. The summed E-state index contributed by atoms with van der Waals surface area (Å²) in [6.07, 6.45) is 25.2. The predicted molar refractivity (Wildman–Crippen MR) is 237 cm³/mol. The van der Waals surface area contributed by atoms with E-state index in [-0.39, 0.29) is 0 Å². The van der Waals surface area contributed by atoms with Crippen LogP contribution in [0.5, 0.6) is 0 Å².